The maximum absolute atomic E-state index is 12.5. The van der Waals surface area contributed by atoms with Crippen molar-refractivity contribution in [1.29, 1.82) is 0 Å². The minimum Gasteiger partial charge on any atom is -0.355 e. The van der Waals surface area contributed by atoms with Crippen LogP contribution in [-0.2, 0) is 19.1 Å². The zero-order chi connectivity index (χ0) is 23.9. The van der Waals surface area contributed by atoms with Crippen LogP contribution in [0.25, 0.3) is 0 Å². The number of hydrogen-bond donors (Lipinski definition) is 0. The normalized spacial score (nSPS) is 11.2. The first kappa shape index (κ1) is 35.7. The van der Waals surface area contributed by atoms with E-state index >= 15 is 0 Å². The van der Waals surface area contributed by atoms with Gasteiger partial charge < -0.3 is 9.47 Å². The summed E-state index contributed by atoms with van der Waals surface area (Å²) in [5.74, 6) is 0.880. The molecule has 0 saturated carbocycles. The largest absolute Gasteiger partial charge is 0.355 e. The van der Waals surface area contributed by atoms with E-state index in [-0.39, 0.29) is 23.8 Å². The third kappa shape index (κ3) is 21.8. The first-order valence-corrected chi connectivity index (χ1v) is 12.0. The number of carbonyl (C=O) groups excluding carboxylic acids is 2. The molecule has 0 fully saturated rings. The van der Waals surface area contributed by atoms with E-state index in [2.05, 4.69) is 20.8 Å². The average molecular weight is 419 g/mol. The van der Waals surface area contributed by atoms with Crippen LogP contribution < -0.4 is 0 Å². The average Bonchev–Trinajstić information content (AvgIpc) is 2.74. The minimum atomic E-state index is -0.469. The van der Waals surface area contributed by atoms with Crippen molar-refractivity contribution < 1.29 is 19.1 Å². The predicted octanol–water partition coefficient (Wildman–Crippen LogP) is 7.63. The SMILES string of the molecule is CC.CC.CC.CCC(=O)CCCC(=O)[C@H](OCOCCC(C)C)C(C)(C)CC. The van der Waals surface area contributed by atoms with Crippen molar-refractivity contribution in [2.24, 2.45) is 11.3 Å². The topological polar surface area (TPSA) is 52.6 Å². The van der Waals surface area contributed by atoms with Gasteiger partial charge in [0.25, 0.3) is 0 Å². The van der Waals surface area contributed by atoms with Crippen LogP contribution in [0.4, 0.5) is 0 Å². The fourth-order valence-electron chi connectivity index (χ4n) is 2.20. The summed E-state index contributed by atoms with van der Waals surface area (Å²) in [6.45, 7) is 25.1. The molecule has 0 saturated heterocycles. The molecule has 178 valence electrons. The summed E-state index contributed by atoms with van der Waals surface area (Å²) < 4.78 is 11.3. The maximum atomic E-state index is 12.5. The number of ketones is 2. The summed E-state index contributed by atoms with van der Waals surface area (Å²) in [6.07, 6.45) is 3.39. The molecule has 0 bridgehead atoms. The summed E-state index contributed by atoms with van der Waals surface area (Å²) in [5, 5.41) is 0. The van der Waals surface area contributed by atoms with Gasteiger partial charge in [-0.1, -0.05) is 83.1 Å². The quantitative estimate of drug-likeness (QED) is 0.215. The van der Waals surface area contributed by atoms with E-state index < -0.39 is 6.10 Å². The molecule has 4 nitrogen and oxygen atoms in total. The van der Waals surface area contributed by atoms with Crippen molar-refractivity contribution >= 4 is 11.6 Å². The molecule has 0 aromatic carbocycles. The zero-order valence-corrected chi connectivity index (χ0v) is 21.9. The van der Waals surface area contributed by atoms with Gasteiger partial charge in [0.2, 0.25) is 0 Å². The first-order valence-electron chi connectivity index (χ1n) is 12.0. The molecule has 0 amide bonds. The molecule has 0 N–H and O–H groups in total. The number of Topliss-reactive ketones (excluding diaryl/α,β-unsaturated/α-hetero) is 2. The van der Waals surface area contributed by atoms with E-state index in [4.69, 9.17) is 9.47 Å². The highest BCUT2D eigenvalue weighted by Gasteiger charge is 2.34. The van der Waals surface area contributed by atoms with Gasteiger partial charge in [-0.05, 0) is 30.6 Å². The molecule has 29 heavy (non-hydrogen) atoms. The van der Waals surface area contributed by atoms with E-state index in [1.54, 1.807) is 0 Å². The standard InChI is InChI=1S/C19H36O4.3C2H6/c1-7-16(20)10-9-11-17(21)18(19(5,6)8-2)23-14-22-13-12-15(3)4;3*1-2/h15,18H,7-14H2,1-6H3;3*1-2H3/t18-;;;/m0.../s1. The second-order valence-corrected chi connectivity index (χ2v) is 7.31. The fraction of sp³-hybridized carbons (Fsp3) is 0.920. The Balaban J connectivity index is -0.000000472. The minimum absolute atomic E-state index is 0.0770. The summed E-state index contributed by atoms with van der Waals surface area (Å²) in [7, 11) is 0. The molecule has 0 aliphatic rings. The molecule has 0 heterocycles. The van der Waals surface area contributed by atoms with E-state index in [1.165, 1.54) is 0 Å². The van der Waals surface area contributed by atoms with Gasteiger partial charge in [0, 0.05) is 25.9 Å². The molecule has 0 aliphatic heterocycles. The molecule has 0 aliphatic carbocycles. The van der Waals surface area contributed by atoms with Gasteiger partial charge in [-0.25, -0.2) is 0 Å². The lowest BCUT2D eigenvalue weighted by atomic mass is 9.80. The van der Waals surface area contributed by atoms with Crippen molar-refractivity contribution in [1.82, 2.24) is 0 Å². The number of hydrogen-bond acceptors (Lipinski definition) is 4. The van der Waals surface area contributed by atoms with Gasteiger partial charge >= 0.3 is 0 Å². The van der Waals surface area contributed by atoms with Crippen LogP contribution in [0.15, 0.2) is 0 Å². The van der Waals surface area contributed by atoms with Crippen LogP contribution >= 0.6 is 0 Å². The van der Waals surface area contributed by atoms with Crippen molar-refractivity contribution in [3.05, 3.63) is 0 Å². The van der Waals surface area contributed by atoms with E-state index in [1.807, 2.05) is 62.3 Å². The lowest BCUT2D eigenvalue weighted by Crippen LogP contribution is -2.39. The van der Waals surface area contributed by atoms with Gasteiger partial charge in [0.1, 0.15) is 18.7 Å². The third-order valence-corrected chi connectivity index (χ3v) is 4.34. The molecule has 0 rings (SSSR count). The van der Waals surface area contributed by atoms with Crippen LogP contribution in [0.1, 0.15) is 122 Å². The highest BCUT2D eigenvalue weighted by atomic mass is 16.7. The fourth-order valence-corrected chi connectivity index (χ4v) is 2.20. The van der Waals surface area contributed by atoms with Crippen molar-refractivity contribution in [3.63, 3.8) is 0 Å². The molecule has 0 aromatic rings. The Hall–Kier alpha value is -0.740. The van der Waals surface area contributed by atoms with Crippen molar-refractivity contribution in [2.45, 2.75) is 128 Å². The molecule has 4 heteroatoms. The number of ether oxygens (including phenoxy) is 2. The van der Waals surface area contributed by atoms with Crippen LogP contribution in [-0.4, -0.2) is 31.1 Å². The molecule has 0 spiro atoms. The predicted molar refractivity (Wildman–Crippen MR) is 127 cm³/mol. The molecule has 1 atom stereocenters. The van der Waals surface area contributed by atoms with Gasteiger partial charge in [0.05, 0.1) is 0 Å². The molecule has 0 aromatic heterocycles. The van der Waals surface area contributed by atoms with Crippen molar-refractivity contribution in [2.75, 3.05) is 13.4 Å². The second kappa shape index (κ2) is 25.3. The Kier molecular flexibility index (Phi) is 31.1. The van der Waals surface area contributed by atoms with Gasteiger partial charge in [-0.3, -0.25) is 9.59 Å². The second-order valence-electron chi connectivity index (χ2n) is 7.31. The van der Waals surface area contributed by atoms with Crippen molar-refractivity contribution in [3.8, 4) is 0 Å². The lowest BCUT2D eigenvalue weighted by Gasteiger charge is -2.32. The summed E-state index contributed by atoms with van der Waals surface area (Å²) >= 11 is 0. The Morgan fingerprint density at radius 3 is 1.83 bits per heavy atom. The maximum Gasteiger partial charge on any atom is 0.162 e. The van der Waals surface area contributed by atoms with Gasteiger partial charge in [-0.2, -0.15) is 0 Å². The summed E-state index contributed by atoms with van der Waals surface area (Å²) in [6, 6.07) is 0. The van der Waals surface area contributed by atoms with Gasteiger partial charge in [-0.15, -0.1) is 0 Å². The highest BCUT2D eigenvalue weighted by molar-refractivity contribution is 5.85. The zero-order valence-electron chi connectivity index (χ0n) is 21.9. The van der Waals surface area contributed by atoms with Crippen LogP contribution in [0.5, 0.6) is 0 Å². The molecule has 0 unspecified atom stereocenters. The first-order chi connectivity index (χ1) is 13.7. The van der Waals surface area contributed by atoms with Crippen LogP contribution in [0.3, 0.4) is 0 Å². The molecular formula is C25H54O4. The Morgan fingerprint density at radius 1 is 0.897 bits per heavy atom. The third-order valence-electron chi connectivity index (χ3n) is 4.34. The Morgan fingerprint density at radius 2 is 1.41 bits per heavy atom. The summed E-state index contributed by atoms with van der Waals surface area (Å²) in [5.41, 5.74) is -0.229. The Labute approximate surface area is 183 Å². The van der Waals surface area contributed by atoms with E-state index in [0.29, 0.717) is 38.2 Å². The summed E-state index contributed by atoms with van der Waals surface area (Å²) in [4.78, 5) is 23.9. The number of carbonyl (C=O) groups is 2. The van der Waals surface area contributed by atoms with Crippen LogP contribution in [0, 0.1) is 11.3 Å². The van der Waals surface area contributed by atoms with E-state index in [9.17, 15) is 9.59 Å². The van der Waals surface area contributed by atoms with Crippen LogP contribution in [0.2, 0.25) is 0 Å². The van der Waals surface area contributed by atoms with E-state index in [0.717, 1.165) is 12.8 Å². The molecule has 0 radical (unpaired) electrons. The molecular weight excluding hydrogens is 364 g/mol. The Bertz CT molecular complexity index is 349. The highest BCUT2D eigenvalue weighted by Crippen LogP contribution is 2.29. The smallest absolute Gasteiger partial charge is 0.162 e. The lowest BCUT2D eigenvalue weighted by molar-refractivity contribution is -0.157. The number of rotatable bonds is 14. The van der Waals surface area contributed by atoms with Gasteiger partial charge in [0.15, 0.2) is 5.78 Å². The monoisotopic (exact) mass is 418 g/mol.